The molecule has 0 bridgehead atoms. The fraction of sp³-hybridized carbons (Fsp3) is 0.0833. The number of ether oxygens (including phenoxy) is 2. The van der Waals surface area contributed by atoms with Crippen molar-refractivity contribution in [3.8, 4) is 11.5 Å². The van der Waals surface area contributed by atoms with E-state index in [2.05, 4.69) is 21.2 Å². The molecule has 168 valence electrons. The zero-order valence-corrected chi connectivity index (χ0v) is 19.6. The van der Waals surface area contributed by atoms with E-state index >= 15 is 0 Å². The van der Waals surface area contributed by atoms with Crippen molar-refractivity contribution in [1.29, 1.82) is 0 Å². The molecule has 3 aromatic rings. The number of nitrogens with one attached hydrogen (secondary N) is 1. The van der Waals surface area contributed by atoms with E-state index in [9.17, 15) is 14.0 Å². The molecule has 9 heteroatoms. The molecule has 3 amide bonds. The van der Waals surface area contributed by atoms with E-state index in [1.54, 1.807) is 54.6 Å². The summed E-state index contributed by atoms with van der Waals surface area (Å²) in [5.41, 5.74) is 1.49. The number of halogens is 3. The van der Waals surface area contributed by atoms with Gasteiger partial charge in [0.1, 0.15) is 18.1 Å². The van der Waals surface area contributed by atoms with Gasteiger partial charge in [0.2, 0.25) is 0 Å². The summed E-state index contributed by atoms with van der Waals surface area (Å²) < 4.78 is 25.7. The van der Waals surface area contributed by atoms with Crippen LogP contribution in [0.15, 0.2) is 70.8 Å². The highest BCUT2D eigenvalue weighted by Crippen LogP contribution is 2.38. The number of urea groups is 1. The van der Waals surface area contributed by atoms with Crippen LogP contribution in [0.5, 0.6) is 11.5 Å². The van der Waals surface area contributed by atoms with E-state index in [0.29, 0.717) is 37.8 Å². The molecule has 0 radical (unpaired) electrons. The Labute approximate surface area is 202 Å². The van der Waals surface area contributed by atoms with E-state index in [1.165, 1.54) is 19.3 Å². The molecule has 1 heterocycles. The number of hydrogen-bond acceptors (Lipinski definition) is 4. The number of methoxy groups -OCH3 is 1. The minimum absolute atomic E-state index is 0.00661. The average molecular weight is 532 g/mol. The minimum Gasteiger partial charge on any atom is -0.493 e. The smallest absolute Gasteiger partial charge is 0.333 e. The van der Waals surface area contributed by atoms with Crippen molar-refractivity contribution in [3.63, 3.8) is 0 Å². The van der Waals surface area contributed by atoms with Gasteiger partial charge in [-0.05, 0) is 70.0 Å². The molecule has 3 aromatic carbocycles. The van der Waals surface area contributed by atoms with Crippen molar-refractivity contribution in [2.45, 2.75) is 6.61 Å². The summed E-state index contributed by atoms with van der Waals surface area (Å²) in [4.78, 5) is 26.3. The Morgan fingerprint density at radius 2 is 1.85 bits per heavy atom. The van der Waals surface area contributed by atoms with Crippen LogP contribution in [-0.4, -0.2) is 19.0 Å². The fourth-order valence-corrected chi connectivity index (χ4v) is 3.96. The predicted octanol–water partition coefficient (Wildman–Crippen LogP) is 5.93. The van der Waals surface area contributed by atoms with Crippen LogP contribution in [-0.2, 0) is 11.4 Å². The largest absolute Gasteiger partial charge is 0.493 e. The van der Waals surface area contributed by atoms with Crippen LogP contribution < -0.4 is 19.7 Å². The normalized spacial score (nSPS) is 14.5. The Hall–Kier alpha value is -3.36. The number of rotatable bonds is 6. The van der Waals surface area contributed by atoms with E-state index in [4.69, 9.17) is 21.1 Å². The molecule has 1 aliphatic rings. The maximum atomic E-state index is 13.9. The first-order valence-electron chi connectivity index (χ1n) is 9.74. The van der Waals surface area contributed by atoms with Crippen LogP contribution in [0.1, 0.15) is 11.1 Å². The summed E-state index contributed by atoms with van der Waals surface area (Å²) in [5.74, 6) is -0.113. The van der Waals surface area contributed by atoms with Gasteiger partial charge >= 0.3 is 6.03 Å². The number of hydrogen-bond donors (Lipinski definition) is 1. The van der Waals surface area contributed by atoms with Gasteiger partial charge in [0.05, 0.1) is 17.3 Å². The first-order chi connectivity index (χ1) is 15.9. The Balaban J connectivity index is 1.58. The van der Waals surface area contributed by atoms with Crippen LogP contribution in [0.3, 0.4) is 0 Å². The molecule has 6 nitrogen and oxygen atoms in total. The average Bonchev–Trinajstić information content (AvgIpc) is 3.07. The molecule has 1 fully saturated rings. The molecule has 0 spiro atoms. The first kappa shape index (κ1) is 22.8. The third-order valence-corrected chi connectivity index (χ3v) is 5.70. The second-order valence-corrected chi connectivity index (χ2v) is 8.31. The van der Waals surface area contributed by atoms with Gasteiger partial charge in [0.25, 0.3) is 5.91 Å². The van der Waals surface area contributed by atoms with Crippen LogP contribution >= 0.6 is 27.5 Å². The van der Waals surface area contributed by atoms with E-state index < -0.39 is 11.9 Å². The summed E-state index contributed by atoms with van der Waals surface area (Å²) in [7, 11) is 1.47. The van der Waals surface area contributed by atoms with Crippen LogP contribution in [0, 0.1) is 5.82 Å². The standard InChI is InChI=1S/C24H17BrClFN2O4/c1-32-21-12-14(10-18(25)22(21)33-13-15-4-2-3-5-19(15)27)11-20-23(30)29(24(31)28-20)17-8-6-16(26)7-9-17/h2-12H,13H2,1H3,(H,28,31)/b20-11+. The Morgan fingerprint density at radius 1 is 1.12 bits per heavy atom. The third-order valence-electron chi connectivity index (χ3n) is 4.86. The molecular formula is C24H17BrClFN2O4. The van der Waals surface area contributed by atoms with Crippen molar-refractivity contribution in [1.82, 2.24) is 5.32 Å². The molecule has 33 heavy (non-hydrogen) atoms. The lowest BCUT2D eigenvalue weighted by molar-refractivity contribution is -0.113. The monoisotopic (exact) mass is 530 g/mol. The lowest BCUT2D eigenvalue weighted by Crippen LogP contribution is -2.30. The Morgan fingerprint density at radius 3 is 2.55 bits per heavy atom. The fourth-order valence-electron chi connectivity index (χ4n) is 3.25. The summed E-state index contributed by atoms with van der Waals surface area (Å²) in [6, 6.07) is 15.5. The summed E-state index contributed by atoms with van der Waals surface area (Å²) in [6.07, 6.45) is 1.53. The topological polar surface area (TPSA) is 67.9 Å². The molecule has 0 saturated carbocycles. The molecule has 4 rings (SSSR count). The Kier molecular flexibility index (Phi) is 6.67. The maximum absolute atomic E-state index is 13.9. The third kappa shape index (κ3) is 4.86. The second kappa shape index (κ2) is 9.64. The second-order valence-electron chi connectivity index (χ2n) is 7.02. The molecule has 0 atom stereocenters. The van der Waals surface area contributed by atoms with E-state index in [0.717, 1.165) is 4.90 Å². The van der Waals surface area contributed by atoms with Crippen molar-refractivity contribution in [2.24, 2.45) is 0 Å². The van der Waals surface area contributed by atoms with Gasteiger partial charge in [-0.2, -0.15) is 0 Å². The van der Waals surface area contributed by atoms with Crippen molar-refractivity contribution >= 4 is 51.2 Å². The number of amides is 3. The molecule has 1 saturated heterocycles. The molecule has 1 aliphatic heterocycles. The molecular weight excluding hydrogens is 515 g/mol. The molecule has 1 N–H and O–H groups in total. The first-order valence-corrected chi connectivity index (χ1v) is 10.9. The number of imide groups is 1. The number of nitrogens with zero attached hydrogens (tertiary/aromatic N) is 1. The summed E-state index contributed by atoms with van der Waals surface area (Å²) in [6.45, 7) is 0.00661. The van der Waals surface area contributed by atoms with Gasteiger partial charge in [-0.1, -0.05) is 29.8 Å². The highest BCUT2D eigenvalue weighted by Gasteiger charge is 2.34. The van der Waals surface area contributed by atoms with Gasteiger partial charge in [-0.3, -0.25) is 4.79 Å². The molecule has 0 aromatic heterocycles. The van der Waals surface area contributed by atoms with E-state index in [-0.39, 0.29) is 18.1 Å². The number of carbonyl (C=O) groups is 2. The quantitative estimate of drug-likeness (QED) is 0.316. The Bertz CT molecular complexity index is 1260. The highest BCUT2D eigenvalue weighted by molar-refractivity contribution is 9.10. The number of anilines is 1. The zero-order chi connectivity index (χ0) is 23.5. The van der Waals surface area contributed by atoms with Gasteiger partial charge in [0, 0.05) is 10.6 Å². The zero-order valence-electron chi connectivity index (χ0n) is 17.3. The van der Waals surface area contributed by atoms with Crippen molar-refractivity contribution in [3.05, 3.63) is 92.8 Å². The SMILES string of the molecule is COc1cc(/C=C2/NC(=O)N(c3ccc(Cl)cc3)C2=O)cc(Br)c1OCc1ccccc1F. The van der Waals surface area contributed by atoms with Gasteiger partial charge in [-0.15, -0.1) is 0 Å². The van der Waals surface area contributed by atoms with Crippen LogP contribution in [0.25, 0.3) is 6.08 Å². The number of benzene rings is 3. The van der Waals surface area contributed by atoms with Crippen molar-refractivity contribution in [2.75, 3.05) is 12.0 Å². The lowest BCUT2D eigenvalue weighted by atomic mass is 10.1. The number of carbonyl (C=O) groups excluding carboxylic acids is 2. The molecule has 0 aliphatic carbocycles. The highest BCUT2D eigenvalue weighted by atomic mass is 79.9. The van der Waals surface area contributed by atoms with Gasteiger partial charge in [0.15, 0.2) is 11.5 Å². The van der Waals surface area contributed by atoms with Crippen molar-refractivity contribution < 1.29 is 23.5 Å². The lowest BCUT2D eigenvalue weighted by Gasteiger charge is -2.14. The maximum Gasteiger partial charge on any atom is 0.333 e. The predicted molar refractivity (Wildman–Crippen MR) is 127 cm³/mol. The molecule has 0 unspecified atom stereocenters. The summed E-state index contributed by atoms with van der Waals surface area (Å²) >= 11 is 9.33. The van der Waals surface area contributed by atoms with Crippen LogP contribution in [0.2, 0.25) is 5.02 Å². The summed E-state index contributed by atoms with van der Waals surface area (Å²) in [5, 5.41) is 3.07. The van der Waals surface area contributed by atoms with E-state index in [1.807, 2.05) is 0 Å². The van der Waals surface area contributed by atoms with Gasteiger partial charge < -0.3 is 14.8 Å². The van der Waals surface area contributed by atoms with Gasteiger partial charge in [-0.25, -0.2) is 14.1 Å². The minimum atomic E-state index is -0.565. The van der Waals surface area contributed by atoms with Crippen LogP contribution in [0.4, 0.5) is 14.9 Å².